The fraction of sp³-hybridized carbons (Fsp3) is 0.100. The number of carboxylic acid groups (broad SMARTS) is 1. The lowest BCUT2D eigenvalue weighted by Gasteiger charge is -2.05. The van der Waals surface area contributed by atoms with Gasteiger partial charge in [-0.2, -0.15) is 0 Å². The number of amides is 1. The zero-order chi connectivity index (χ0) is 11.4. The molecule has 0 aliphatic rings. The Balaban J connectivity index is 2.81. The number of carbonyl (C=O) groups excluding carboxylic acids is 1. The Kier molecular flexibility index (Phi) is 3.68. The Morgan fingerprint density at radius 3 is 2.73 bits per heavy atom. The second kappa shape index (κ2) is 4.79. The highest BCUT2D eigenvalue weighted by Crippen LogP contribution is 2.14. The van der Waals surface area contributed by atoms with E-state index in [-0.39, 0.29) is 11.1 Å². The van der Waals surface area contributed by atoms with E-state index >= 15 is 0 Å². The second-order valence-corrected chi connectivity index (χ2v) is 3.24. The minimum Gasteiger partial charge on any atom is -0.480 e. The van der Waals surface area contributed by atoms with Gasteiger partial charge < -0.3 is 10.4 Å². The third-order valence-electron chi connectivity index (χ3n) is 1.66. The van der Waals surface area contributed by atoms with Crippen molar-refractivity contribution in [2.75, 3.05) is 6.54 Å². The largest absolute Gasteiger partial charge is 0.480 e. The monoisotopic (exact) mass is 225 g/mol. The van der Waals surface area contributed by atoms with Gasteiger partial charge in [0, 0.05) is 10.6 Å². The van der Waals surface area contributed by atoms with E-state index in [0.717, 1.165) is 0 Å². The summed E-state index contributed by atoms with van der Waals surface area (Å²) in [6.07, 6.45) is 0. The van der Waals surface area contributed by atoms with E-state index in [0.29, 0.717) is 5.02 Å². The van der Waals surface area contributed by atoms with Crippen molar-refractivity contribution < 1.29 is 14.7 Å². The summed E-state index contributed by atoms with van der Waals surface area (Å²) in [5.41, 5.74) is 0.422. The zero-order valence-corrected chi connectivity index (χ0v) is 8.41. The molecule has 78 valence electrons. The number of benzene rings is 1. The molecule has 0 atom stereocenters. The predicted octanol–water partition coefficient (Wildman–Crippen LogP) is 1.21. The molecule has 0 aliphatic heterocycles. The van der Waals surface area contributed by atoms with Gasteiger partial charge in [-0.25, -0.2) is 0 Å². The Morgan fingerprint density at radius 1 is 1.47 bits per heavy atom. The summed E-state index contributed by atoms with van der Waals surface area (Å²) in [6, 6.07) is 4.41. The highest BCUT2D eigenvalue weighted by atomic mass is 35.5. The summed E-state index contributed by atoms with van der Waals surface area (Å²) in [5, 5.41) is 10.9. The molecule has 1 amide bonds. The van der Waals surface area contributed by atoms with Gasteiger partial charge in [0.2, 0.25) is 0 Å². The molecule has 0 saturated heterocycles. The maximum Gasteiger partial charge on any atom is 0.322 e. The Hall–Kier alpha value is -1.55. The number of carboxylic acids is 1. The predicted molar refractivity (Wildman–Crippen MR) is 54.8 cm³/mol. The van der Waals surface area contributed by atoms with E-state index in [2.05, 4.69) is 5.32 Å². The van der Waals surface area contributed by atoms with E-state index in [4.69, 9.17) is 23.6 Å². The van der Waals surface area contributed by atoms with Crippen LogP contribution in [0.5, 0.6) is 0 Å². The summed E-state index contributed by atoms with van der Waals surface area (Å²) in [6.45, 7) is 5.08. The number of rotatable bonds is 3. The quantitative estimate of drug-likeness (QED) is 0.813. The summed E-state index contributed by atoms with van der Waals surface area (Å²) in [7, 11) is 0. The lowest BCUT2D eigenvalue weighted by molar-refractivity contribution is -0.135. The topological polar surface area (TPSA) is 66.4 Å². The van der Waals surface area contributed by atoms with Crippen molar-refractivity contribution in [3.63, 3.8) is 0 Å². The maximum absolute atomic E-state index is 11.4. The van der Waals surface area contributed by atoms with Gasteiger partial charge in [0.25, 0.3) is 5.91 Å². The van der Waals surface area contributed by atoms with Gasteiger partial charge in [0.15, 0.2) is 0 Å². The van der Waals surface area contributed by atoms with Gasteiger partial charge in [-0.05, 0) is 24.6 Å². The third kappa shape index (κ3) is 3.25. The summed E-state index contributed by atoms with van der Waals surface area (Å²) < 4.78 is 0. The van der Waals surface area contributed by atoms with Gasteiger partial charge in [-0.1, -0.05) is 17.7 Å². The minimum absolute atomic E-state index is 0.170. The lowest BCUT2D eigenvalue weighted by atomic mass is 10.1. The normalized spacial score (nSPS) is 9.73. The van der Waals surface area contributed by atoms with Crippen LogP contribution in [0.2, 0.25) is 5.02 Å². The van der Waals surface area contributed by atoms with Crippen LogP contribution in [0.4, 0.5) is 0 Å². The molecule has 0 bridgehead atoms. The van der Waals surface area contributed by atoms with Crippen LogP contribution in [0.1, 0.15) is 15.9 Å². The first-order valence-corrected chi connectivity index (χ1v) is 4.43. The van der Waals surface area contributed by atoms with E-state index in [9.17, 15) is 9.59 Å². The van der Waals surface area contributed by atoms with Gasteiger partial charge in [-0.15, -0.1) is 0 Å². The fourth-order valence-electron chi connectivity index (χ4n) is 0.976. The molecule has 2 N–H and O–H groups in total. The number of hydrogen-bond acceptors (Lipinski definition) is 2. The molecule has 1 aromatic rings. The maximum atomic E-state index is 11.4. The molecule has 15 heavy (non-hydrogen) atoms. The molecule has 0 unspecified atom stereocenters. The van der Waals surface area contributed by atoms with Crippen molar-refractivity contribution in [1.82, 2.24) is 5.32 Å². The number of hydrogen-bond donors (Lipinski definition) is 2. The first kappa shape index (κ1) is 11.5. The van der Waals surface area contributed by atoms with Crippen molar-refractivity contribution in [3.05, 3.63) is 41.3 Å². The average Bonchev–Trinajstić information content (AvgIpc) is 2.18. The summed E-state index contributed by atoms with van der Waals surface area (Å²) >= 11 is 5.67. The Morgan fingerprint density at radius 2 is 2.13 bits per heavy atom. The molecular weight excluding hydrogens is 218 g/mol. The molecule has 2 radical (unpaired) electrons. The van der Waals surface area contributed by atoms with E-state index < -0.39 is 18.4 Å². The highest BCUT2D eigenvalue weighted by Gasteiger charge is 2.10. The fourth-order valence-corrected chi connectivity index (χ4v) is 1.15. The van der Waals surface area contributed by atoms with Crippen LogP contribution >= 0.6 is 11.6 Å². The van der Waals surface area contributed by atoms with Crippen LogP contribution < -0.4 is 5.32 Å². The first-order chi connectivity index (χ1) is 7.00. The highest BCUT2D eigenvalue weighted by molar-refractivity contribution is 6.31. The first-order valence-electron chi connectivity index (χ1n) is 4.05. The SMILES string of the molecule is [CH]c1ccc(Cl)cc1C(=O)NCC(=O)O. The van der Waals surface area contributed by atoms with Gasteiger partial charge in [0.1, 0.15) is 6.54 Å². The molecule has 0 aromatic heterocycles. The Bertz CT molecular complexity index is 404. The van der Waals surface area contributed by atoms with Crippen LogP contribution in [0, 0.1) is 6.92 Å². The lowest BCUT2D eigenvalue weighted by Crippen LogP contribution is -2.29. The zero-order valence-electron chi connectivity index (χ0n) is 7.66. The van der Waals surface area contributed by atoms with Crippen molar-refractivity contribution in [3.8, 4) is 0 Å². The van der Waals surface area contributed by atoms with E-state index in [1.807, 2.05) is 0 Å². The molecule has 0 heterocycles. The average molecular weight is 226 g/mol. The summed E-state index contributed by atoms with van der Waals surface area (Å²) in [4.78, 5) is 21.6. The second-order valence-electron chi connectivity index (χ2n) is 2.81. The Labute approximate surface area is 91.9 Å². The molecular formula is C10H8ClNO3. The van der Waals surface area contributed by atoms with Crippen molar-refractivity contribution >= 4 is 23.5 Å². The minimum atomic E-state index is -1.12. The number of carbonyl (C=O) groups is 2. The van der Waals surface area contributed by atoms with Crippen molar-refractivity contribution in [2.24, 2.45) is 0 Å². The van der Waals surface area contributed by atoms with E-state index in [1.165, 1.54) is 12.1 Å². The number of nitrogens with one attached hydrogen (secondary N) is 1. The van der Waals surface area contributed by atoms with Crippen LogP contribution in [-0.2, 0) is 4.79 Å². The number of halogens is 1. The summed E-state index contributed by atoms with van der Waals surface area (Å²) in [5.74, 6) is -1.68. The standard InChI is InChI=1S/C10H8ClNO3/c1-6-2-3-7(11)4-8(6)10(15)12-5-9(13)14/h1-4H,5H2,(H,12,15)(H,13,14). The molecule has 1 aromatic carbocycles. The van der Waals surface area contributed by atoms with Crippen molar-refractivity contribution in [1.29, 1.82) is 0 Å². The molecule has 0 saturated carbocycles. The third-order valence-corrected chi connectivity index (χ3v) is 1.90. The van der Waals surface area contributed by atoms with Gasteiger partial charge >= 0.3 is 5.97 Å². The van der Waals surface area contributed by atoms with Crippen LogP contribution in [0.3, 0.4) is 0 Å². The van der Waals surface area contributed by atoms with Crippen LogP contribution in [0.25, 0.3) is 0 Å². The van der Waals surface area contributed by atoms with Crippen LogP contribution in [0.15, 0.2) is 18.2 Å². The molecule has 1 rings (SSSR count). The van der Waals surface area contributed by atoms with Gasteiger partial charge in [0.05, 0.1) is 0 Å². The molecule has 5 heteroatoms. The van der Waals surface area contributed by atoms with Crippen molar-refractivity contribution in [2.45, 2.75) is 0 Å². The molecule has 0 spiro atoms. The smallest absolute Gasteiger partial charge is 0.322 e. The van der Waals surface area contributed by atoms with Crippen LogP contribution in [-0.4, -0.2) is 23.5 Å². The molecule has 0 aliphatic carbocycles. The number of aliphatic carboxylic acids is 1. The van der Waals surface area contributed by atoms with E-state index in [1.54, 1.807) is 6.07 Å². The molecule has 4 nitrogen and oxygen atoms in total. The molecule has 0 fully saturated rings. The van der Waals surface area contributed by atoms with Gasteiger partial charge in [-0.3, -0.25) is 9.59 Å².